The Labute approximate surface area is 186 Å². The summed E-state index contributed by atoms with van der Waals surface area (Å²) in [7, 11) is 0. The maximum Gasteiger partial charge on any atom is 0.301 e. The van der Waals surface area contributed by atoms with Gasteiger partial charge in [0.15, 0.2) is 0 Å². The number of aromatic nitrogens is 2. The average Bonchev–Trinajstić information content (AvgIpc) is 3.34. The van der Waals surface area contributed by atoms with Crippen molar-refractivity contribution in [2.24, 2.45) is 0 Å². The molecule has 3 aromatic carbocycles. The van der Waals surface area contributed by atoms with Crippen LogP contribution in [-0.2, 0) is 9.59 Å². The minimum atomic E-state index is -0.918. The molecular formula is C24H16FN3O3S. The van der Waals surface area contributed by atoms with E-state index in [2.05, 4.69) is 10.2 Å². The van der Waals surface area contributed by atoms with Crippen molar-refractivity contribution in [3.63, 3.8) is 0 Å². The Kier molecular flexibility index (Phi) is 4.79. The molecule has 1 aliphatic rings. The van der Waals surface area contributed by atoms with Crippen LogP contribution in [0.3, 0.4) is 0 Å². The molecular weight excluding hydrogens is 429 g/mol. The number of halogens is 1. The Hall–Kier alpha value is -3.91. The monoisotopic (exact) mass is 445 g/mol. The van der Waals surface area contributed by atoms with Gasteiger partial charge < -0.3 is 5.11 Å². The van der Waals surface area contributed by atoms with Gasteiger partial charge in [-0.1, -0.05) is 53.8 Å². The van der Waals surface area contributed by atoms with Crippen LogP contribution in [0.25, 0.3) is 16.5 Å². The SMILES string of the molecule is Cc1nnc(N2C(=O)C(=O)C(=C(O)c3ccc(F)cc3)C2c2cccc3ccccc23)s1. The summed E-state index contributed by atoms with van der Waals surface area (Å²) in [5.74, 6) is -2.48. The zero-order valence-corrected chi connectivity index (χ0v) is 17.6. The summed E-state index contributed by atoms with van der Waals surface area (Å²) in [4.78, 5) is 27.6. The number of anilines is 1. The summed E-state index contributed by atoms with van der Waals surface area (Å²) in [6.45, 7) is 1.75. The second kappa shape index (κ2) is 7.65. The summed E-state index contributed by atoms with van der Waals surface area (Å²) in [5, 5.41) is 21.8. The molecule has 5 rings (SSSR count). The largest absolute Gasteiger partial charge is 0.507 e. The molecule has 0 bridgehead atoms. The second-order valence-corrected chi connectivity index (χ2v) is 8.51. The van der Waals surface area contributed by atoms with Crippen LogP contribution >= 0.6 is 11.3 Å². The number of aliphatic hydroxyl groups is 1. The number of nitrogens with zero attached hydrogens (tertiary/aromatic N) is 3. The van der Waals surface area contributed by atoms with E-state index in [-0.39, 0.29) is 22.0 Å². The molecule has 1 saturated heterocycles. The lowest BCUT2D eigenvalue weighted by Crippen LogP contribution is -2.29. The quantitative estimate of drug-likeness (QED) is 0.279. The van der Waals surface area contributed by atoms with Crippen LogP contribution in [0.5, 0.6) is 0 Å². The first-order valence-electron chi connectivity index (χ1n) is 9.80. The normalized spacial score (nSPS) is 17.9. The third kappa shape index (κ3) is 3.16. The maximum atomic E-state index is 13.4. The van der Waals surface area contributed by atoms with Crippen LogP contribution in [0, 0.1) is 12.7 Å². The van der Waals surface area contributed by atoms with Crippen LogP contribution in [0.4, 0.5) is 9.52 Å². The number of ketones is 1. The van der Waals surface area contributed by atoms with E-state index in [1.54, 1.807) is 6.92 Å². The number of amides is 1. The standard InChI is InChI=1S/C24H16FN3O3S/c1-13-26-27-24(32-13)28-20(18-8-4-6-14-5-2-3-7-17(14)18)19(22(30)23(28)31)21(29)15-9-11-16(25)12-10-15/h2-12,20,29H,1H3. The Balaban J connectivity index is 1.80. The molecule has 1 aromatic heterocycles. The zero-order chi connectivity index (χ0) is 22.4. The second-order valence-electron chi connectivity index (χ2n) is 7.35. The number of benzene rings is 3. The lowest BCUT2D eigenvalue weighted by atomic mass is 9.92. The highest BCUT2D eigenvalue weighted by atomic mass is 32.1. The fourth-order valence-corrected chi connectivity index (χ4v) is 4.67. The van der Waals surface area contributed by atoms with Gasteiger partial charge >= 0.3 is 5.91 Å². The van der Waals surface area contributed by atoms with Crippen molar-refractivity contribution in [3.05, 3.63) is 94.3 Å². The molecule has 0 aliphatic carbocycles. The third-order valence-corrected chi connectivity index (χ3v) is 6.24. The molecule has 0 saturated carbocycles. The van der Waals surface area contributed by atoms with Gasteiger partial charge in [-0.25, -0.2) is 4.39 Å². The number of rotatable bonds is 3. The number of aliphatic hydroxyl groups excluding tert-OH is 1. The number of Topliss-reactive ketones (excluding diaryl/α,β-unsaturated/α-hetero) is 1. The van der Waals surface area contributed by atoms with Crippen molar-refractivity contribution in [2.75, 3.05) is 4.90 Å². The summed E-state index contributed by atoms with van der Waals surface area (Å²) < 4.78 is 13.4. The summed E-state index contributed by atoms with van der Waals surface area (Å²) >= 11 is 1.18. The topological polar surface area (TPSA) is 83.4 Å². The van der Waals surface area contributed by atoms with E-state index < -0.39 is 23.5 Å². The Morgan fingerprint density at radius 2 is 1.72 bits per heavy atom. The van der Waals surface area contributed by atoms with Gasteiger partial charge in [0, 0.05) is 5.56 Å². The Morgan fingerprint density at radius 3 is 2.44 bits per heavy atom. The first-order valence-corrected chi connectivity index (χ1v) is 10.6. The van der Waals surface area contributed by atoms with Crippen LogP contribution in [-0.4, -0.2) is 27.0 Å². The van der Waals surface area contributed by atoms with E-state index in [1.165, 1.54) is 40.5 Å². The van der Waals surface area contributed by atoms with Crippen LogP contribution in [0.15, 0.2) is 72.3 Å². The first-order chi connectivity index (χ1) is 15.5. The number of hydrogen-bond acceptors (Lipinski definition) is 6. The number of hydrogen-bond donors (Lipinski definition) is 1. The van der Waals surface area contributed by atoms with E-state index in [4.69, 9.17) is 0 Å². The molecule has 1 fully saturated rings. The van der Waals surface area contributed by atoms with E-state index >= 15 is 0 Å². The summed E-state index contributed by atoms with van der Waals surface area (Å²) in [6, 6.07) is 17.4. The lowest BCUT2D eigenvalue weighted by Gasteiger charge is -2.24. The number of carbonyl (C=O) groups is 2. The zero-order valence-electron chi connectivity index (χ0n) is 16.8. The highest BCUT2D eigenvalue weighted by Gasteiger charge is 2.48. The van der Waals surface area contributed by atoms with Gasteiger partial charge in [0.2, 0.25) is 5.13 Å². The molecule has 1 atom stereocenters. The van der Waals surface area contributed by atoms with Crippen LogP contribution in [0.1, 0.15) is 22.2 Å². The van der Waals surface area contributed by atoms with Gasteiger partial charge in [0.25, 0.3) is 5.78 Å². The molecule has 1 amide bonds. The van der Waals surface area contributed by atoms with Gasteiger partial charge in [-0.15, -0.1) is 10.2 Å². The highest BCUT2D eigenvalue weighted by Crippen LogP contribution is 2.44. The van der Waals surface area contributed by atoms with Crippen LogP contribution < -0.4 is 4.90 Å². The molecule has 6 nitrogen and oxygen atoms in total. The van der Waals surface area contributed by atoms with Gasteiger partial charge in [-0.05, 0) is 47.5 Å². The van der Waals surface area contributed by atoms with Crippen molar-refractivity contribution in [2.45, 2.75) is 13.0 Å². The van der Waals surface area contributed by atoms with E-state index in [1.807, 2.05) is 42.5 Å². The predicted molar refractivity (Wildman–Crippen MR) is 120 cm³/mol. The van der Waals surface area contributed by atoms with E-state index in [0.717, 1.165) is 10.8 Å². The fourth-order valence-electron chi connectivity index (χ4n) is 3.96. The molecule has 1 N–H and O–H groups in total. The van der Waals surface area contributed by atoms with Crippen molar-refractivity contribution in [1.82, 2.24) is 10.2 Å². The van der Waals surface area contributed by atoms with Crippen molar-refractivity contribution >= 4 is 44.7 Å². The minimum absolute atomic E-state index is 0.0779. The Morgan fingerprint density at radius 1 is 1.00 bits per heavy atom. The smallest absolute Gasteiger partial charge is 0.301 e. The molecule has 8 heteroatoms. The highest BCUT2D eigenvalue weighted by molar-refractivity contribution is 7.15. The predicted octanol–water partition coefficient (Wildman–Crippen LogP) is 4.77. The van der Waals surface area contributed by atoms with Crippen LogP contribution in [0.2, 0.25) is 0 Å². The molecule has 0 radical (unpaired) electrons. The minimum Gasteiger partial charge on any atom is -0.507 e. The number of aryl methyl sites for hydroxylation is 1. The van der Waals surface area contributed by atoms with E-state index in [9.17, 15) is 19.1 Å². The molecule has 0 spiro atoms. The van der Waals surface area contributed by atoms with Gasteiger partial charge in [0.05, 0.1) is 11.6 Å². The molecule has 1 aliphatic heterocycles. The van der Waals surface area contributed by atoms with Gasteiger partial charge in [-0.2, -0.15) is 0 Å². The number of carbonyl (C=O) groups excluding carboxylic acids is 2. The Bertz CT molecular complexity index is 1410. The first kappa shape index (κ1) is 20.0. The molecule has 2 heterocycles. The number of fused-ring (bicyclic) bond motifs is 1. The van der Waals surface area contributed by atoms with Gasteiger partial charge in [0.1, 0.15) is 16.6 Å². The lowest BCUT2D eigenvalue weighted by molar-refractivity contribution is -0.132. The molecule has 4 aromatic rings. The fraction of sp³-hybridized carbons (Fsp3) is 0.0833. The molecule has 158 valence electrons. The third-order valence-electron chi connectivity index (χ3n) is 5.40. The van der Waals surface area contributed by atoms with Crippen molar-refractivity contribution in [1.29, 1.82) is 0 Å². The van der Waals surface area contributed by atoms with Crippen molar-refractivity contribution in [3.8, 4) is 0 Å². The van der Waals surface area contributed by atoms with E-state index in [0.29, 0.717) is 10.6 Å². The molecule has 32 heavy (non-hydrogen) atoms. The summed E-state index contributed by atoms with van der Waals surface area (Å²) in [5.41, 5.74) is 0.827. The van der Waals surface area contributed by atoms with Gasteiger partial charge in [-0.3, -0.25) is 14.5 Å². The average molecular weight is 445 g/mol. The molecule has 1 unspecified atom stereocenters. The van der Waals surface area contributed by atoms with Crippen molar-refractivity contribution < 1.29 is 19.1 Å². The maximum absolute atomic E-state index is 13.4. The summed E-state index contributed by atoms with van der Waals surface area (Å²) in [6.07, 6.45) is 0.